The molecule has 0 aliphatic carbocycles. The minimum absolute atomic E-state index is 0.927. The number of hydrogen-bond donors (Lipinski definition) is 2. The van der Waals surface area contributed by atoms with E-state index in [2.05, 4.69) is 30.5 Å². The first-order valence-corrected chi connectivity index (χ1v) is 4.94. The van der Waals surface area contributed by atoms with E-state index in [0.717, 1.165) is 5.69 Å². The van der Waals surface area contributed by atoms with Crippen molar-refractivity contribution in [3.8, 4) is 11.1 Å². The van der Waals surface area contributed by atoms with Crippen LogP contribution < -0.4 is 11.3 Å². The zero-order chi connectivity index (χ0) is 10.7. The molecule has 0 aliphatic heterocycles. The molecule has 0 amide bonds. The fourth-order valence-electron chi connectivity index (χ4n) is 1.67. The summed E-state index contributed by atoms with van der Waals surface area (Å²) in [4.78, 5) is 0. The molecule has 2 heteroatoms. The van der Waals surface area contributed by atoms with Crippen molar-refractivity contribution in [2.24, 2.45) is 5.84 Å². The number of aryl methyl sites for hydroxylation is 1. The monoisotopic (exact) mass is 198 g/mol. The van der Waals surface area contributed by atoms with Crippen molar-refractivity contribution < 1.29 is 0 Å². The molecule has 0 heterocycles. The molecule has 0 atom stereocenters. The third kappa shape index (κ3) is 2.00. The first kappa shape index (κ1) is 9.74. The molecule has 3 N–H and O–H groups in total. The molecule has 15 heavy (non-hydrogen) atoms. The van der Waals surface area contributed by atoms with Crippen molar-refractivity contribution in [1.82, 2.24) is 0 Å². The van der Waals surface area contributed by atoms with Crippen molar-refractivity contribution in [3.63, 3.8) is 0 Å². The molecule has 0 aliphatic rings. The molecule has 0 saturated carbocycles. The SMILES string of the molecule is Cc1ccccc1-c1cccc(NN)c1. The van der Waals surface area contributed by atoms with E-state index in [0.29, 0.717) is 0 Å². The van der Waals surface area contributed by atoms with Crippen LogP contribution in [0.5, 0.6) is 0 Å². The van der Waals surface area contributed by atoms with Gasteiger partial charge < -0.3 is 5.43 Å². The Hall–Kier alpha value is -1.80. The van der Waals surface area contributed by atoms with Crippen LogP contribution in [-0.2, 0) is 0 Å². The van der Waals surface area contributed by atoms with Gasteiger partial charge in [-0.25, -0.2) is 0 Å². The van der Waals surface area contributed by atoms with Crippen molar-refractivity contribution >= 4 is 5.69 Å². The van der Waals surface area contributed by atoms with Crippen LogP contribution in [0.25, 0.3) is 11.1 Å². The zero-order valence-corrected chi connectivity index (χ0v) is 8.70. The number of nitrogen functional groups attached to an aromatic ring is 1. The van der Waals surface area contributed by atoms with Gasteiger partial charge in [0.05, 0.1) is 0 Å². The summed E-state index contributed by atoms with van der Waals surface area (Å²) in [7, 11) is 0. The third-order valence-corrected chi connectivity index (χ3v) is 2.49. The van der Waals surface area contributed by atoms with Crippen LogP contribution >= 0.6 is 0 Å². The average Bonchev–Trinajstić information content (AvgIpc) is 2.30. The Balaban J connectivity index is 2.49. The largest absolute Gasteiger partial charge is 0.324 e. The van der Waals surface area contributed by atoms with Crippen LogP contribution in [0, 0.1) is 6.92 Å². The molecule has 2 rings (SSSR count). The normalized spacial score (nSPS) is 10.0. The highest BCUT2D eigenvalue weighted by Gasteiger charge is 2.00. The molecule has 0 unspecified atom stereocenters. The maximum absolute atomic E-state index is 5.38. The maximum atomic E-state index is 5.38. The summed E-state index contributed by atoms with van der Waals surface area (Å²) in [5.74, 6) is 5.38. The zero-order valence-electron chi connectivity index (χ0n) is 8.70. The van der Waals surface area contributed by atoms with Crippen LogP contribution in [0.3, 0.4) is 0 Å². The van der Waals surface area contributed by atoms with Gasteiger partial charge in [-0.05, 0) is 35.7 Å². The summed E-state index contributed by atoms with van der Waals surface area (Å²) in [5.41, 5.74) is 7.28. The molecule has 2 aromatic rings. The molecule has 0 spiro atoms. The van der Waals surface area contributed by atoms with Crippen LogP contribution in [0.2, 0.25) is 0 Å². The third-order valence-electron chi connectivity index (χ3n) is 2.49. The van der Waals surface area contributed by atoms with E-state index in [1.54, 1.807) is 0 Å². The van der Waals surface area contributed by atoms with E-state index in [1.165, 1.54) is 16.7 Å². The number of anilines is 1. The molecule has 2 aromatic carbocycles. The molecule has 0 bridgehead atoms. The predicted molar refractivity (Wildman–Crippen MR) is 64.4 cm³/mol. The lowest BCUT2D eigenvalue weighted by atomic mass is 10.0. The number of rotatable bonds is 2. The van der Waals surface area contributed by atoms with Gasteiger partial charge >= 0.3 is 0 Å². The Labute approximate surface area is 89.7 Å². The van der Waals surface area contributed by atoms with Crippen molar-refractivity contribution in [3.05, 3.63) is 54.1 Å². The van der Waals surface area contributed by atoms with Crippen molar-refractivity contribution in [2.75, 3.05) is 5.43 Å². The molecular formula is C13H14N2. The maximum Gasteiger partial charge on any atom is 0.0491 e. The second kappa shape index (κ2) is 4.15. The molecule has 76 valence electrons. The molecule has 2 nitrogen and oxygen atoms in total. The Morgan fingerprint density at radius 3 is 2.53 bits per heavy atom. The summed E-state index contributed by atoms with van der Waals surface area (Å²) < 4.78 is 0. The van der Waals surface area contributed by atoms with E-state index in [1.807, 2.05) is 30.3 Å². The van der Waals surface area contributed by atoms with E-state index in [-0.39, 0.29) is 0 Å². The summed E-state index contributed by atoms with van der Waals surface area (Å²) in [5, 5.41) is 0. The van der Waals surface area contributed by atoms with Crippen LogP contribution in [-0.4, -0.2) is 0 Å². The number of nitrogens with two attached hydrogens (primary N) is 1. The highest BCUT2D eigenvalue weighted by atomic mass is 15.2. The van der Waals surface area contributed by atoms with E-state index < -0.39 is 0 Å². The Morgan fingerprint density at radius 1 is 1.00 bits per heavy atom. The topological polar surface area (TPSA) is 38.0 Å². The number of hydrogen-bond acceptors (Lipinski definition) is 2. The predicted octanol–water partition coefficient (Wildman–Crippen LogP) is 2.95. The van der Waals surface area contributed by atoms with Crippen molar-refractivity contribution in [2.45, 2.75) is 6.92 Å². The number of benzene rings is 2. The summed E-state index contributed by atoms with van der Waals surface area (Å²) in [6, 6.07) is 16.4. The summed E-state index contributed by atoms with van der Waals surface area (Å²) >= 11 is 0. The van der Waals surface area contributed by atoms with Gasteiger partial charge in [0.1, 0.15) is 0 Å². The lowest BCUT2D eigenvalue weighted by molar-refractivity contribution is 1.35. The van der Waals surface area contributed by atoms with Crippen LogP contribution in [0.1, 0.15) is 5.56 Å². The second-order valence-corrected chi connectivity index (χ2v) is 3.54. The molecule has 0 fully saturated rings. The van der Waals surface area contributed by atoms with E-state index in [9.17, 15) is 0 Å². The van der Waals surface area contributed by atoms with Gasteiger partial charge in [-0.1, -0.05) is 36.4 Å². The Kier molecular flexibility index (Phi) is 2.70. The summed E-state index contributed by atoms with van der Waals surface area (Å²) in [6.07, 6.45) is 0. The van der Waals surface area contributed by atoms with Gasteiger partial charge in [0.2, 0.25) is 0 Å². The van der Waals surface area contributed by atoms with Gasteiger partial charge in [0.15, 0.2) is 0 Å². The van der Waals surface area contributed by atoms with Crippen LogP contribution in [0.15, 0.2) is 48.5 Å². The summed E-state index contributed by atoms with van der Waals surface area (Å²) in [6.45, 7) is 2.11. The fourth-order valence-corrected chi connectivity index (χ4v) is 1.67. The highest BCUT2D eigenvalue weighted by molar-refractivity contribution is 5.70. The molecule has 0 saturated heterocycles. The van der Waals surface area contributed by atoms with Gasteiger partial charge in [0.25, 0.3) is 0 Å². The van der Waals surface area contributed by atoms with Crippen LogP contribution in [0.4, 0.5) is 5.69 Å². The molecule has 0 aromatic heterocycles. The molecule has 0 radical (unpaired) electrons. The van der Waals surface area contributed by atoms with Gasteiger partial charge in [-0.3, -0.25) is 5.84 Å². The van der Waals surface area contributed by atoms with E-state index in [4.69, 9.17) is 5.84 Å². The minimum atomic E-state index is 0.927. The Morgan fingerprint density at radius 2 is 1.80 bits per heavy atom. The van der Waals surface area contributed by atoms with Gasteiger partial charge in [-0.15, -0.1) is 0 Å². The molecular weight excluding hydrogens is 184 g/mol. The number of nitrogens with one attached hydrogen (secondary N) is 1. The fraction of sp³-hybridized carbons (Fsp3) is 0.0769. The van der Waals surface area contributed by atoms with Gasteiger partial charge in [-0.2, -0.15) is 0 Å². The first-order valence-electron chi connectivity index (χ1n) is 4.94. The average molecular weight is 198 g/mol. The second-order valence-electron chi connectivity index (χ2n) is 3.54. The minimum Gasteiger partial charge on any atom is -0.324 e. The Bertz CT molecular complexity index is 464. The number of hydrazine groups is 1. The lowest BCUT2D eigenvalue weighted by Gasteiger charge is -2.07. The van der Waals surface area contributed by atoms with Gasteiger partial charge in [0, 0.05) is 5.69 Å². The quantitative estimate of drug-likeness (QED) is 0.575. The highest BCUT2D eigenvalue weighted by Crippen LogP contribution is 2.24. The van der Waals surface area contributed by atoms with Crippen molar-refractivity contribution in [1.29, 1.82) is 0 Å². The standard InChI is InChI=1S/C13H14N2/c1-10-5-2-3-8-13(10)11-6-4-7-12(9-11)15-14/h2-9,15H,14H2,1H3. The lowest BCUT2D eigenvalue weighted by Crippen LogP contribution is -2.06. The first-order chi connectivity index (χ1) is 7.31. The van der Waals surface area contributed by atoms with E-state index >= 15 is 0 Å². The smallest absolute Gasteiger partial charge is 0.0491 e.